The first kappa shape index (κ1) is 15.7. The topological polar surface area (TPSA) is 50.8 Å². The van der Waals surface area contributed by atoms with E-state index < -0.39 is 0 Å². The van der Waals surface area contributed by atoms with Crippen LogP contribution in [0, 0.1) is 5.92 Å². The predicted octanol–water partition coefficient (Wildman–Crippen LogP) is 1.03. The SMILES string of the molecule is COCCN(CCOC)C(=O)C1CC2CCCCC2N1. The number of methoxy groups -OCH3 is 2. The Labute approximate surface area is 122 Å². The molecule has 1 amide bonds. The predicted molar refractivity (Wildman–Crippen MR) is 77.6 cm³/mol. The molecule has 0 aromatic heterocycles. The summed E-state index contributed by atoms with van der Waals surface area (Å²) in [6.45, 7) is 2.45. The highest BCUT2D eigenvalue weighted by molar-refractivity contribution is 5.82. The molecule has 1 aliphatic heterocycles. The summed E-state index contributed by atoms with van der Waals surface area (Å²) < 4.78 is 10.2. The highest BCUT2D eigenvalue weighted by Crippen LogP contribution is 2.33. The fourth-order valence-corrected chi connectivity index (χ4v) is 3.47. The lowest BCUT2D eigenvalue weighted by Crippen LogP contribution is -2.47. The van der Waals surface area contributed by atoms with Gasteiger partial charge < -0.3 is 19.7 Å². The molecular weight excluding hydrogens is 256 g/mol. The molecule has 1 saturated heterocycles. The molecule has 1 N–H and O–H groups in total. The number of hydrogen-bond donors (Lipinski definition) is 1. The molecule has 20 heavy (non-hydrogen) atoms. The Hall–Kier alpha value is -0.650. The van der Waals surface area contributed by atoms with Gasteiger partial charge in [-0.3, -0.25) is 4.79 Å². The molecule has 1 aliphatic carbocycles. The van der Waals surface area contributed by atoms with Crippen molar-refractivity contribution in [1.82, 2.24) is 10.2 Å². The summed E-state index contributed by atoms with van der Waals surface area (Å²) in [6.07, 6.45) is 6.12. The molecule has 0 aromatic carbocycles. The van der Waals surface area contributed by atoms with E-state index in [-0.39, 0.29) is 11.9 Å². The van der Waals surface area contributed by atoms with Crippen LogP contribution in [0.5, 0.6) is 0 Å². The summed E-state index contributed by atoms with van der Waals surface area (Å²) in [4.78, 5) is 14.5. The zero-order valence-corrected chi connectivity index (χ0v) is 12.8. The zero-order chi connectivity index (χ0) is 14.4. The molecule has 5 heteroatoms. The number of carbonyl (C=O) groups excluding carboxylic acids is 1. The summed E-state index contributed by atoms with van der Waals surface area (Å²) >= 11 is 0. The van der Waals surface area contributed by atoms with Crippen LogP contribution in [0.2, 0.25) is 0 Å². The highest BCUT2D eigenvalue weighted by Gasteiger charge is 2.39. The Morgan fingerprint density at radius 2 is 1.80 bits per heavy atom. The van der Waals surface area contributed by atoms with Crippen LogP contribution in [0.1, 0.15) is 32.1 Å². The molecule has 2 aliphatic rings. The molecule has 116 valence electrons. The van der Waals surface area contributed by atoms with E-state index in [0.29, 0.717) is 38.3 Å². The van der Waals surface area contributed by atoms with Gasteiger partial charge in [-0.25, -0.2) is 0 Å². The van der Waals surface area contributed by atoms with Crippen LogP contribution >= 0.6 is 0 Å². The van der Waals surface area contributed by atoms with Crippen molar-refractivity contribution in [2.24, 2.45) is 5.92 Å². The highest BCUT2D eigenvalue weighted by atomic mass is 16.5. The van der Waals surface area contributed by atoms with Crippen LogP contribution in [-0.4, -0.2) is 63.4 Å². The standard InChI is InChI=1S/C15H28N2O3/c1-19-9-7-17(8-10-20-2)15(18)14-11-12-5-3-4-6-13(12)16-14/h12-14,16H,3-11H2,1-2H3. The maximum absolute atomic E-state index is 12.7. The van der Waals surface area contributed by atoms with Gasteiger partial charge in [-0.05, 0) is 25.2 Å². The van der Waals surface area contributed by atoms with Crippen LogP contribution in [0.15, 0.2) is 0 Å². The van der Waals surface area contributed by atoms with Crippen LogP contribution in [-0.2, 0) is 14.3 Å². The second-order valence-electron chi connectivity index (χ2n) is 5.92. The molecule has 0 radical (unpaired) electrons. The van der Waals surface area contributed by atoms with Crippen molar-refractivity contribution in [3.63, 3.8) is 0 Å². The van der Waals surface area contributed by atoms with Gasteiger partial charge in [0.1, 0.15) is 0 Å². The lowest BCUT2D eigenvalue weighted by molar-refractivity contribution is -0.134. The minimum absolute atomic E-state index is 0.00295. The van der Waals surface area contributed by atoms with Gasteiger partial charge in [0.25, 0.3) is 0 Å². The van der Waals surface area contributed by atoms with E-state index in [4.69, 9.17) is 9.47 Å². The van der Waals surface area contributed by atoms with Crippen LogP contribution in [0.3, 0.4) is 0 Å². The molecule has 3 unspecified atom stereocenters. The Bertz CT molecular complexity index is 285. The molecule has 2 fully saturated rings. The first-order valence-corrected chi connectivity index (χ1v) is 7.79. The van der Waals surface area contributed by atoms with E-state index in [2.05, 4.69) is 5.32 Å². The normalized spacial score (nSPS) is 29.2. The molecule has 1 saturated carbocycles. The smallest absolute Gasteiger partial charge is 0.239 e. The number of carbonyl (C=O) groups is 1. The van der Waals surface area contributed by atoms with E-state index in [1.54, 1.807) is 14.2 Å². The lowest BCUT2D eigenvalue weighted by Gasteiger charge is -2.26. The van der Waals surface area contributed by atoms with Gasteiger partial charge in [-0.1, -0.05) is 12.8 Å². The molecule has 2 rings (SSSR count). The van der Waals surface area contributed by atoms with Crippen LogP contribution < -0.4 is 5.32 Å². The van der Waals surface area contributed by atoms with Gasteiger partial charge in [0.05, 0.1) is 19.3 Å². The molecule has 0 bridgehead atoms. The number of nitrogens with one attached hydrogen (secondary N) is 1. The van der Waals surface area contributed by atoms with Crippen molar-refractivity contribution in [3.05, 3.63) is 0 Å². The summed E-state index contributed by atoms with van der Waals surface area (Å²) in [5, 5.41) is 3.55. The van der Waals surface area contributed by atoms with Gasteiger partial charge in [-0.2, -0.15) is 0 Å². The molecular formula is C15H28N2O3. The summed E-state index contributed by atoms with van der Waals surface area (Å²) in [6, 6.07) is 0.557. The Morgan fingerprint density at radius 3 is 2.40 bits per heavy atom. The monoisotopic (exact) mass is 284 g/mol. The van der Waals surface area contributed by atoms with Crippen molar-refractivity contribution in [2.45, 2.75) is 44.2 Å². The number of hydrogen-bond acceptors (Lipinski definition) is 4. The third-order valence-electron chi connectivity index (χ3n) is 4.60. The molecule has 0 spiro atoms. The van der Waals surface area contributed by atoms with Gasteiger partial charge in [0.15, 0.2) is 0 Å². The van der Waals surface area contributed by atoms with E-state index in [1.807, 2.05) is 4.90 Å². The first-order valence-electron chi connectivity index (χ1n) is 7.79. The summed E-state index contributed by atoms with van der Waals surface area (Å²) in [5.41, 5.74) is 0. The molecule has 0 aromatic rings. The fourth-order valence-electron chi connectivity index (χ4n) is 3.47. The van der Waals surface area contributed by atoms with Crippen LogP contribution in [0.25, 0.3) is 0 Å². The first-order chi connectivity index (χ1) is 9.76. The van der Waals surface area contributed by atoms with Gasteiger partial charge >= 0.3 is 0 Å². The van der Waals surface area contributed by atoms with E-state index in [9.17, 15) is 4.79 Å². The maximum atomic E-state index is 12.7. The second-order valence-corrected chi connectivity index (χ2v) is 5.92. The average molecular weight is 284 g/mol. The molecule has 1 heterocycles. The summed E-state index contributed by atoms with van der Waals surface area (Å²) in [7, 11) is 3.34. The van der Waals surface area contributed by atoms with Gasteiger partial charge in [0, 0.05) is 33.4 Å². The van der Waals surface area contributed by atoms with Crippen molar-refractivity contribution in [3.8, 4) is 0 Å². The second kappa shape index (κ2) is 7.96. The van der Waals surface area contributed by atoms with Crippen molar-refractivity contribution in [1.29, 1.82) is 0 Å². The van der Waals surface area contributed by atoms with Crippen molar-refractivity contribution < 1.29 is 14.3 Å². The van der Waals surface area contributed by atoms with E-state index in [0.717, 1.165) is 6.42 Å². The summed E-state index contributed by atoms with van der Waals surface area (Å²) in [5.74, 6) is 0.915. The van der Waals surface area contributed by atoms with Crippen LogP contribution in [0.4, 0.5) is 0 Å². The van der Waals surface area contributed by atoms with E-state index >= 15 is 0 Å². The Morgan fingerprint density at radius 1 is 1.15 bits per heavy atom. The van der Waals surface area contributed by atoms with Gasteiger partial charge in [-0.15, -0.1) is 0 Å². The fraction of sp³-hybridized carbons (Fsp3) is 0.933. The Kier molecular flexibility index (Phi) is 6.26. The Balaban J connectivity index is 1.89. The quantitative estimate of drug-likeness (QED) is 0.758. The number of amides is 1. The zero-order valence-electron chi connectivity index (χ0n) is 12.8. The maximum Gasteiger partial charge on any atom is 0.239 e. The minimum atomic E-state index is -0.00295. The van der Waals surface area contributed by atoms with Gasteiger partial charge in [0.2, 0.25) is 5.91 Å². The molecule has 3 atom stereocenters. The van der Waals surface area contributed by atoms with Crippen molar-refractivity contribution in [2.75, 3.05) is 40.5 Å². The largest absolute Gasteiger partial charge is 0.383 e. The van der Waals surface area contributed by atoms with Crippen molar-refractivity contribution >= 4 is 5.91 Å². The molecule has 5 nitrogen and oxygen atoms in total. The number of nitrogens with zero attached hydrogens (tertiary/aromatic N) is 1. The average Bonchev–Trinajstić information content (AvgIpc) is 2.90. The third-order valence-corrected chi connectivity index (χ3v) is 4.60. The number of rotatable bonds is 7. The lowest BCUT2D eigenvalue weighted by atomic mass is 9.85. The van der Waals surface area contributed by atoms with E-state index in [1.165, 1.54) is 25.7 Å². The number of ether oxygens (including phenoxy) is 2. The third kappa shape index (κ3) is 3.93. The number of fused-ring (bicyclic) bond motifs is 1. The minimum Gasteiger partial charge on any atom is -0.383 e.